The van der Waals surface area contributed by atoms with E-state index >= 15 is 0 Å². The molecule has 1 heterocycles. The van der Waals surface area contributed by atoms with Gasteiger partial charge in [-0.1, -0.05) is 6.42 Å². The first-order valence-corrected chi connectivity index (χ1v) is 8.10. The van der Waals surface area contributed by atoms with Crippen LogP contribution < -0.4 is 0 Å². The maximum absolute atomic E-state index is 12.1. The van der Waals surface area contributed by atoms with Crippen molar-refractivity contribution in [2.75, 3.05) is 38.5 Å². The Labute approximate surface area is 103 Å². The Bertz CT molecular complexity index is 320. The number of piperazine rings is 1. The van der Waals surface area contributed by atoms with Crippen molar-refractivity contribution in [1.29, 1.82) is 0 Å². The molecule has 2 fully saturated rings. The number of hydrogen-bond acceptors (Lipinski definition) is 4. The highest BCUT2D eigenvalue weighted by Gasteiger charge is 2.37. The van der Waals surface area contributed by atoms with Crippen LogP contribution >= 0.6 is 12.6 Å². The predicted molar refractivity (Wildman–Crippen MR) is 68.4 cm³/mol. The number of nitrogens with zero attached hydrogens (tertiary/aromatic N) is 2. The van der Waals surface area contributed by atoms with E-state index in [9.17, 15) is 8.42 Å². The van der Waals surface area contributed by atoms with E-state index in [0.29, 0.717) is 13.1 Å². The van der Waals surface area contributed by atoms with E-state index in [-0.39, 0.29) is 5.25 Å². The summed E-state index contributed by atoms with van der Waals surface area (Å²) in [5, 5.41) is -0.0797. The average Bonchev–Trinajstić information content (AvgIpc) is 2.15. The molecule has 0 amide bonds. The Morgan fingerprint density at radius 3 is 2.19 bits per heavy atom. The Kier molecular flexibility index (Phi) is 4.15. The molecule has 2 rings (SSSR count). The number of rotatable bonds is 4. The summed E-state index contributed by atoms with van der Waals surface area (Å²) in [7, 11) is -2.98. The van der Waals surface area contributed by atoms with Gasteiger partial charge in [0.25, 0.3) is 0 Å². The van der Waals surface area contributed by atoms with E-state index in [0.717, 1.165) is 44.6 Å². The Morgan fingerprint density at radius 1 is 1.12 bits per heavy atom. The Morgan fingerprint density at radius 2 is 1.75 bits per heavy atom. The number of hydrogen-bond donors (Lipinski definition) is 1. The van der Waals surface area contributed by atoms with Gasteiger partial charge in [-0.25, -0.2) is 8.42 Å². The van der Waals surface area contributed by atoms with Crippen LogP contribution in [0.4, 0.5) is 0 Å². The highest BCUT2D eigenvalue weighted by Crippen LogP contribution is 2.28. The van der Waals surface area contributed by atoms with Gasteiger partial charge in [0, 0.05) is 38.5 Å². The van der Waals surface area contributed by atoms with Crippen LogP contribution in [-0.2, 0) is 10.0 Å². The maximum atomic E-state index is 12.1. The zero-order chi connectivity index (χ0) is 11.6. The van der Waals surface area contributed by atoms with Crippen LogP contribution in [0.25, 0.3) is 0 Å². The fourth-order valence-electron chi connectivity index (χ4n) is 2.23. The van der Waals surface area contributed by atoms with E-state index < -0.39 is 10.0 Å². The molecule has 0 aromatic rings. The lowest BCUT2D eigenvalue weighted by molar-refractivity contribution is 0.195. The molecular weight excluding hydrogens is 244 g/mol. The van der Waals surface area contributed by atoms with E-state index in [1.54, 1.807) is 4.31 Å². The van der Waals surface area contributed by atoms with E-state index in [1.807, 2.05) is 0 Å². The van der Waals surface area contributed by atoms with Gasteiger partial charge in [0.2, 0.25) is 10.0 Å². The molecule has 2 aliphatic rings. The van der Waals surface area contributed by atoms with Crippen molar-refractivity contribution >= 4 is 22.7 Å². The van der Waals surface area contributed by atoms with Crippen LogP contribution in [-0.4, -0.2) is 61.3 Å². The zero-order valence-corrected chi connectivity index (χ0v) is 11.2. The lowest BCUT2D eigenvalue weighted by atomic mass is 10.0. The van der Waals surface area contributed by atoms with Crippen molar-refractivity contribution in [3.8, 4) is 0 Å². The van der Waals surface area contributed by atoms with E-state index in [2.05, 4.69) is 17.5 Å². The first-order chi connectivity index (χ1) is 7.64. The van der Waals surface area contributed by atoms with E-state index in [4.69, 9.17) is 0 Å². The molecule has 1 saturated carbocycles. The Hall–Kier alpha value is 0.220. The molecule has 0 N–H and O–H groups in total. The molecular formula is C10H20N2O2S2. The third-order valence-corrected chi connectivity index (χ3v) is 6.18. The third-order valence-electron chi connectivity index (χ3n) is 3.58. The minimum atomic E-state index is -2.98. The normalized spacial score (nSPS) is 25.6. The standard InChI is InChI=1S/C10H20N2O2S2/c13-16(14,10-2-1-3-10)12-6-4-11(5-7-12)8-9-15/h10,15H,1-9H2. The molecule has 94 valence electrons. The molecule has 0 unspecified atom stereocenters. The minimum Gasteiger partial charge on any atom is -0.300 e. The van der Waals surface area contributed by atoms with Crippen molar-refractivity contribution in [2.24, 2.45) is 0 Å². The fourth-order valence-corrected chi connectivity index (χ4v) is 4.53. The molecule has 1 aliphatic carbocycles. The summed E-state index contributed by atoms with van der Waals surface area (Å²) in [6.45, 7) is 3.98. The van der Waals surface area contributed by atoms with Crippen molar-refractivity contribution < 1.29 is 8.42 Å². The van der Waals surface area contributed by atoms with Gasteiger partial charge in [0.15, 0.2) is 0 Å². The second-order valence-electron chi connectivity index (χ2n) is 4.56. The number of sulfonamides is 1. The molecule has 1 saturated heterocycles. The summed E-state index contributed by atoms with van der Waals surface area (Å²) in [5.74, 6) is 0.843. The van der Waals surface area contributed by atoms with Gasteiger partial charge in [-0.2, -0.15) is 16.9 Å². The average molecular weight is 264 g/mol. The van der Waals surface area contributed by atoms with Crippen LogP contribution in [0.2, 0.25) is 0 Å². The smallest absolute Gasteiger partial charge is 0.217 e. The zero-order valence-electron chi connectivity index (χ0n) is 9.51. The van der Waals surface area contributed by atoms with Crippen molar-refractivity contribution in [3.05, 3.63) is 0 Å². The Balaban J connectivity index is 1.88. The quantitative estimate of drug-likeness (QED) is 0.748. The van der Waals surface area contributed by atoms with Crippen LogP contribution in [0.5, 0.6) is 0 Å². The van der Waals surface area contributed by atoms with Gasteiger partial charge in [-0.3, -0.25) is 4.90 Å². The molecule has 0 aromatic heterocycles. The van der Waals surface area contributed by atoms with E-state index in [1.165, 1.54) is 0 Å². The van der Waals surface area contributed by atoms with Crippen molar-refractivity contribution in [2.45, 2.75) is 24.5 Å². The summed E-state index contributed by atoms with van der Waals surface area (Å²) in [5.41, 5.74) is 0. The third kappa shape index (κ3) is 2.55. The summed E-state index contributed by atoms with van der Waals surface area (Å²) in [4.78, 5) is 2.28. The molecule has 16 heavy (non-hydrogen) atoms. The maximum Gasteiger partial charge on any atom is 0.217 e. The molecule has 6 heteroatoms. The summed E-state index contributed by atoms with van der Waals surface area (Å²) in [6, 6.07) is 0. The van der Waals surface area contributed by atoms with Crippen LogP contribution in [0.3, 0.4) is 0 Å². The summed E-state index contributed by atoms with van der Waals surface area (Å²) >= 11 is 4.19. The second kappa shape index (κ2) is 5.25. The molecule has 0 atom stereocenters. The van der Waals surface area contributed by atoms with Crippen LogP contribution in [0.15, 0.2) is 0 Å². The first kappa shape index (κ1) is 12.7. The van der Waals surface area contributed by atoms with Crippen molar-refractivity contribution in [3.63, 3.8) is 0 Å². The minimum absolute atomic E-state index is 0.0797. The highest BCUT2D eigenvalue weighted by atomic mass is 32.2. The van der Waals surface area contributed by atoms with Gasteiger partial charge in [0.05, 0.1) is 5.25 Å². The molecule has 0 radical (unpaired) electrons. The van der Waals surface area contributed by atoms with Crippen LogP contribution in [0.1, 0.15) is 19.3 Å². The molecule has 0 spiro atoms. The lowest BCUT2D eigenvalue weighted by Gasteiger charge is -2.37. The highest BCUT2D eigenvalue weighted by molar-refractivity contribution is 7.89. The lowest BCUT2D eigenvalue weighted by Crippen LogP contribution is -2.52. The van der Waals surface area contributed by atoms with Gasteiger partial charge >= 0.3 is 0 Å². The summed E-state index contributed by atoms with van der Waals surface area (Å²) < 4.78 is 25.9. The number of thiol groups is 1. The van der Waals surface area contributed by atoms with Gasteiger partial charge in [-0.05, 0) is 12.8 Å². The first-order valence-electron chi connectivity index (χ1n) is 5.97. The van der Waals surface area contributed by atoms with Crippen LogP contribution in [0, 0.1) is 0 Å². The van der Waals surface area contributed by atoms with Gasteiger partial charge in [-0.15, -0.1) is 0 Å². The molecule has 0 aromatic carbocycles. The topological polar surface area (TPSA) is 40.6 Å². The second-order valence-corrected chi connectivity index (χ2v) is 7.22. The fraction of sp³-hybridized carbons (Fsp3) is 1.00. The largest absolute Gasteiger partial charge is 0.300 e. The summed E-state index contributed by atoms with van der Waals surface area (Å²) in [6.07, 6.45) is 2.79. The molecule has 1 aliphatic heterocycles. The SMILES string of the molecule is O=S(=O)(C1CCC1)N1CCN(CCS)CC1. The predicted octanol–water partition coefficient (Wildman–Crippen LogP) is 0.416. The monoisotopic (exact) mass is 264 g/mol. The van der Waals surface area contributed by atoms with Crippen molar-refractivity contribution in [1.82, 2.24) is 9.21 Å². The molecule has 4 nitrogen and oxygen atoms in total. The van der Waals surface area contributed by atoms with Gasteiger partial charge < -0.3 is 0 Å². The van der Waals surface area contributed by atoms with Gasteiger partial charge in [0.1, 0.15) is 0 Å². The molecule has 0 bridgehead atoms.